The molecule has 0 saturated heterocycles. The average molecular weight is 270 g/mol. The van der Waals surface area contributed by atoms with Crippen LogP contribution in [0.1, 0.15) is 18.4 Å². The van der Waals surface area contributed by atoms with Gasteiger partial charge in [0.05, 0.1) is 21.3 Å². The molecule has 0 heterocycles. The van der Waals surface area contributed by atoms with Crippen molar-refractivity contribution in [3.63, 3.8) is 0 Å². The molecule has 3 heteroatoms. The second kappa shape index (κ2) is 6.72. The highest BCUT2D eigenvalue weighted by Gasteiger charge is 2.17. The summed E-state index contributed by atoms with van der Waals surface area (Å²) in [6.07, 6.45) is 7.58. The summed E-state index contributed by atoms with van der Waals surface area (Å²) in [5.74, 6) is 8.05. The summed E-state index contributed by atoms with van der Waals surface area (Å²) >= 11 is 0. The molecule has 0 saturated carbocycles. The van der Waals surface area contributed by atoms with Crippen LogP contribution in [0.4, 0.5) is 0 Å². The van der Waals surface area contributed by atoms with Gasteiger partial charge in [-0.15, -0.1) is 0 Å². The Morgan fingerprint density at radius 1 is 1.00 bits per heavy atom. The van der Waals surface area contributed by atoms with Gasteiger partial charge in [0.15, 0.2) is 11.5 Å². The molecule has 1 aromatic carbocycles. The maximum Gasteiger partial charge on any atom is 0.203 e. The molecule has 0 bridgehead atoms. The van der Waals surface area contributed by atoms with E-state index in [9.17, 15) is 0 Å². The van der Waals surface area contributed by atoms with Crippen LogP contribution in [0.2, 0.25) is 0 Å². The van der Waals surface area contributed by atoms with Crippen molar-refractivity contribution in [1.29, 1.82) is 0 Å². The molecule has 0 spiro atoms. The summed E-state index contributed by atoms with van der Waals surface area (Å²) in [5, 5.41) is 0. The molecule has 0 aliphatic heterocycles. The smallest absolute Gasteiger partial charge is 0.203 e. The Kier molecular flexibility index (Phi) is 4.73. The molecule has 2 rings (SSSR count). The average Bonchev–Trinajstić information content (AvgIpc) is 2.45. The first-order valence-electron chi connectivity index (χ1n) is 6.45. The Morgan fingerprint density at radius 2 is 1.80 bits per heavy atom. The van der Waals surface area contributed by atoms with E-state index in [0.717, 1.165) is 18.4 Å². The minimum atomic E-state index is 0.616. The number of hydrogen-bond donors (Lipinski definition) is 0. The van der Waals surface area contributed by atoms with Crippen LogP contribution in [0.15, 0.2) is 30.4 Å². The van der Waals surface area contributed by atoms with E-state index < -0.39 is 0 Å². The third-order valence-corrected chi connectivity index (χ3v) is 3.15. The molecule has 1 aliphatic carbocycles. The SMILES string of the molecule is COc1ccc(/C2=C\C=C\C#CCC2)c(OC)c1OC. The summed E-state index contributed by atoms with van der Waals surface area (Å²) in [6.45, 7) is 0. The van der Waals surface area contributed by atoms with Crippen LogP contribution in [-0.4, -0.2) is 21.3 Å². The van der Waals surface area contributed by atoms with Gasteiger partial charge >= 0.3 is 0 Å². The van der Waals surface area contributed by atoms with Gasteiger partial charge in [-0.1, -0.05) is 24.0 Å². The van der Waals surface area contributed by atoms with Crippen molar-refractivity contribution in [2.24, 2.45) is 0 Å². The lowest BCUT2D eigenvalue weighted by molar-refractivity contribution is 0.324. The van der Waals surface area contributed by atoms with Crippen molar-refractivity contribution in [1.82, 2.24) is 0 Å². The molecule has 0 amide bonds. The van der Waals surface area contributed by atoms with E-state index in [2.05, 4.69) is 17.9 Å². The molecule has 0 fully saturated rings. The highest BCUT2D eigenvalue weighted by molar-refractivity contribution is 5.76. The molecule has 0 N–H and O–H groups in total. The second-order valence-corrected chi connectivity index (χ2v) is 4.25. The van der Waals surface area contributed by atoms with E-state index in [1.165, 1.54) is 5.57 Å². The zero-order valence-electron chi connectivity index (χ0n) is 12.0. The summed E-state index contributed by atoms with van der Waals surface area (Å²) in [5.41, 5.74) is 2.19. The molecule has 0 atom stereocenters. The Labute approximate surface area is 119 Å². The Morgan fingerprint density at radius 3 is 2.50 bits per heavy atom. The van der Waals surface area contributed by atoms with E-state index in [1.807, 2.05) is 24.3 Å². The summed E-state index contributed by atoms with van der Waals surface area (Å²) < 4.78 is 16.3. The molecule has 1 aliphatic rings. The fourth-order valence-electron chi connectivity index (χ4n) is 2.20. The first kappa shape index (κ1) is 14.1. The summed E-state index contributed by atoms with van der Waals surface area (Å²) in [4.78, 5) is 0. The number of methoxy groups -OCH3 is 3. The number of benzene rings is 1. The van der Waals surface area contributed by atoms with Crippen molar-refractivity contribution in [2.75, 3.05) is 21.3 Å². The second-order valence-electron chi connectivity index (χ2n) is 4.25. The third kappa shape index (κ3) is 2.80. The van der Waals surface area contributed by atoms with Crippen LogP contribution < -0.4 is 14.2 Å². The largest absolute Gasteiger partial charge is 0.493 e. The molecule has 20 heavy (non-hydrogen) atoms. The van der Waals surface area contributed by atoms with Gasteiger partial charge in [0.1, 0.15) is 0 Å². The maximum absolute atomic E-state index is 5.53. The molecule has 104 valence electrons. The molecular formula is C17H18O3. The Balaban J connectivity index is 2.51. The fraction of sp³-hybridized carbons (Fsp3) is 0.294. The van der Waals surface area contributed by atoms with Gasteiger partial charge < -0.3 is 14.2 Å². The van der Waals surface area contributed by atoms with Crippen molar-refractivity contribution in [2.45, 2.75) is 12.8 Å². The van der Waals surface area contributed by atoms with Gasteiger partial charge in [-0.3, -0.25) is 0 Å². The first-order valence-corrected chi connectivity index (χ1v) is 6.45. The predicted molar refractivity (Wildman–Crippen MR) is 80.2 cm³/mol. The third-order valence-electron chi connectivity index (χ3n) is 3.15. The lowest BCUT2D eigenvalue weighted by Crippen LogP contribution is -1.99. The van der Waals surface area contributed by atoms with Crippen LogP contribution in [0.25, 0.3) is 5.57 Å². The van der Waals surface area contributed by atoms with Crippen LogP contribution in [0.3, 0.4) is 0 Å². The van der Waals surface area contributed by atoms with Crippen molar-refractivity contribution >= 4 is 5.57 Å². The van der Waals surface area contributed by atoms with E-state index >= 15 is 0 Å². The van der Waals surface area contributed by atoms with Crippen molar-refractivity contribution < 1.29 is 14.2 Å². The standard InChI is InChI=1S/C17H18O3/c1-18-15-12-11-14(16(19-2)17(15)20-3)13-9-7-5-4-6-8-10-13/h5,7,9,11-12H,8,10H2,1-3H3/b7-5+,13-9-. The van der Waals surface area contributed by atoms with Crippen LogP contribution >= 0.6 is 0 Å². The topological polar surface area (TPSA) is 27.7 Å². The lowest BCUT2D eigenvalue weighted by Gasteiger charge is -2.17. The van der Waals surface area contributed by atoms with Gasteiger partial charge in [0.25, 0.3) is 0 Å². The number of rotatable bonds is 4. The number of ether oxygens (including phenoxy) is 3. The number of hydrogen-bond acceptors (Lipinski definition) is 3. The van der Waals surface area contributed by atoms with Gasteiger partial charge in [0, 0.05) is 12.0 Å². The Hall–Kier alpha value is -2.34. The monoisotopic (exact) mass is 270 g/mol. The molecule has 3 nitrogen and oxygen atoms in total. The van der Waals surface area contributed by atoms with E-state index in [4.69, 9.17) is 14.2 Å². The van der Waals surface area contributed by atoms with Crippen molar-refractivity contribution in [3.8, 4) is 29.1 Å². The highest BCUT2D eigenvalue weighted by Crippen LogP contribution is 2.43. The quantitative estimate of drug-likeness (QED) is 0.784. The Bertz CT molecular complexity index is 601. The van der Waals surface area contributed by atoms with Gasteiger partial charge in [-0.05, 0) is 30.2 Å². The minimum Gasteiger partial charge on any atom is -0.493 e. The van der Waals surface area contributed by atoms with Crippen molar-refractivity contribution in [3.05, 3.63) is 35.9 Å². The zero-order chi connectivity index (χ0) is 14.4. The first-order chi connectivity index (χ1) is 9.81. The van der Waals surface area contributed by atoms with Gasteiger partial charge in [-0.25, -0.2) is 0 Å². The van der Waals surface area contributed by atoms with Crippen LogP contribution in [0.5, 0.6) is 17.2 Å². The molecule has 0 unspecified atom stereocenters. The summed E-state index contributed by atoms with van der Waals surface area (Å²) in [7, 11) is 4.87. The maximum atomic E-state index is 5.53. The molecular weight excluding hydrogens is 252 g/mol. The van der Waals surface area contributed by atoms with Gasteiger partial charge in [-0.2, -0.15) is 0 Å². The lowest BCUT2D eigenvalue weighted by atomic mass is 9.98. The normalized spacial score (nSPS) is 17.6. The predicted octanol–water partition coefficient (Wildman–Crippen LogP) is 3.45. The van der Waals surface area contributed by atoms with E-state index in [1.54, 1.807) is 21.3 Å². The van der Waals surface area contributed by atoms with E-state index in [-0.39, 0.29) is 0 Å². The number of allylic oxidation sites excluding steroid dienone is 4. The fourth-order valence-corrected chi connectivity index (χ4v) is 2.20. The summed E-state index contributed by atoms with van der Waals surface area (Å²) in [6, 6.07) is 3.89. The van der Waals surface area contributed by atoms with Crippen LogP contribution in [0, 0.1) is 11.8 Å². The highest BCUT2D eigenvalue weighted by atomic mass is 16.5. The van der Waals surface area contributed by atoms with Crippen LogP contribution in [-0.2, 0) is 0 Å². The molecule has 1 aromatic rings. The molecule has 0 radical (unpaired) electrons. The zero-order valence-corrected chi connectivity index (χ0v) is 12.0. The minimum absolute atomic E-state index is 0.616. The van der Waals surface area contributed by atoms with E-state index in [0.29, 0.717) is 17.2 Å². The van der Waals surface area contributed by atoms with Gasteiger partial charge in [0.2, 0.25) is 5.75 Å². The molecule has 0 aromatic heterocycles.